The van der Waals surface area contributed by atoms with E-state index in [1.54, 1.807) is 13.0 Å². The lowest BCUT2D eigenvalue weighted by Gasteiger charge is -2.08. The van der Waals surface area contributed by atoms with Crippen molar-refractivity contribution in [3.8, 4) is 11.8 Å². The van der Waals surface area contributed by atoms with E-state index in [0.29, 0.717) is 18.2 Å². The van der Waals surface area contributed by atoms with E-state index in [2.05, 4.69) is 17.2 Å². The summed E-state index contributed by atoms with van der Waals surface area (Å²) in [6.07, 6.45) is 0. The zero-order valence-electron chi connectivity index (χ0n) is 11.4. The van der Waals surface area contributed by atoms with Crippen LogP contribution in [0.25, 0.3) is 0 Å². The molecule has 0 atom stereocenters. The van der Waals surface area contributed by atoms with E-state index >= 15 is 0 Å². The van der Waals surface area contributed by atoms with Gasteiger partial charge in [-0.1, -0.05) is 39.7 Å². The van der Waals surface area contributed by atoms with Gasteiger partial charge in [0.15, 0.2) is 0 Å². The van der Waals surface area contributed by atoms with E-state index in [1.807, 2.05) is 33.8 Å². The molecular weight excluding hydrogens is 213 g/mol. The normalized spacial score (nSPS) is 9.12. The monoisotopic (exact) mass is 235 g/mol. The van der Waals surface area contributed by atoms with Crippen molar-refractivity contribution in [1.29, 1.82) is 0 Å². The van der Waals surface area contributed by atoms with Crippen molar-refractivity contribution in [2.24, 2.45) is 0 Å². The van der Waals surface area contributed by atoms with Gasteiger partial charge in [-0.05, 0) is 19.1 Å². The number of hydrogen-bond donors (Lipinski definition) is 1. The van der Waals surface area contributed by atoms with Gasteiger partial charge in [0, 0.05) is 23.7 Å². The Bertz CT molecular complexity index is 386. The summed E-state index contributed by atoms with van der Waals surface area (Å²) in [5.41, 5.74) is 1.41. The van der Waals surface area contributed by atoms with Crippen molar-refractivity contribution in [2.45, 2.75) is 47.2 Å². The summed E-state index contributed by atoms with van der Waals surface area (Å²) < 4.78 is 13.5. The number of rotatable bonds is 3. The molecule has 0 bridgehead atoms. The highest BCUT2D eigenvalue weighted by Gasteiger charge is 2.02. The third-order valence-electron chi connectivity index (χ3n) is 2.02. The van der Waals surface area contributed by atoms with Crippen LogP contribution in [0.15, 0.2) is 18.2 Å². The SMILES string of the molecule is CC.CC#Cc1ccc(CNC(C)C)c(F)c1. The van der Waals surface area contributed by atoms with Gasteiger partial charge in [-0.2, -0.15) is 0 Å². The van der Waals surface area contributed by atoms with Gasteiger partial charge in [-0.3, -0.25) is 0 Å². The maximum Gasteiger partial charge on any atom is 0.128 e. The first-order chi connectivity index (χ1) is 8.13. The summed E-state index contributed by atoms with van der Waals surface area (Å²) in [5, 5.41) is 3.18. The standard InChI is InChI=1S/C13H16FN.C2H6/c1-4-5-11-6-7-12(13(14)8-11)9-15-10(2)3;1-2/h6-8,10,15H,9H2,1-3H3;1-2H3. The number of halogens is 1. The molecule has 1 aromatic rings. The fourth-order valence-corrected chi connectivity index (χ4v) is 1.23. The Morgan fingerprint density at radius 3 is 2.41 bits per heavy atom. The molecule has 0 heterocycles. The fraction of sp³-hybridized carbons (Fsp3) is 0.467. The molecular formula is C15H22FN. The van der Waals surface area contributed by atoms with E-state index in [1.165, 1.54) is 6.07 Å². The molecule has 1 nitrogen and oxygen atoms in total. The van der Waals surface area contributed by atoms with Crippen LogP contribution in [0.4, 0.5) is 4.39 Å². The molecule has 0 aliphatic heterocycles. The zero-order chi connectivity index (χ0) is 13.3. The van der Waals surface area contributed by atoms with Crippen LogP contribution in [0.5, 0.6) is 0 Å². The maximum absolute atomic E-state index is 13.5. The minimum absolute atomic E-state index is 0.191. The van der Waals surface area contributed by atoms with E-state index in [4.69, 9.17) is 0 Å². The highest BCUT2D eigenvalue weighted by atomic mass is 19.1. The van der Waals surface area contributed by atoms with Crippen LogP contribution < -0.4 is 5.32 Å². The van der Waals surface area contributed by atoms with Gasteiger partial charge < -0.3 is 5.32 Å². The van der Waals surface area contributed by atoms with Gasteiger partial charge in [-0.25, -0.2) is 4.39 Å². The van der Waals surface area contributed by atoms with Crippen LogP contribution in [0.3, 0.4) is 0 Å². The largest absolute Gasteiger partial charge is 0.310 e. The lowest BCUT2D eigenvalue weighted by molar-refractivity contribution is 0.553. The first kappa shape index (κ1) is 15.7. The Morgan fingerprint density at radius 1 is 1.29 bits per heavy atom. The molecule has 0 saturated carbocycles. The summed E-state index contributed by atoms with van der Waals surface area (Å²) in [4.78, 5) is 0. The van der Waals surface area contributed by atoms with Gasteiger partial charge in [0.1, 0.15) is 5.82 Å². The molecule has 17 heavy (non-hydrogen) atoms. The van der Waals surface area contributed by atoms with Crippen molar-refractivity contribution in [1.82, 2.24) is 5.32 Å². The third-order valence-corrected chi connectivity index (χ3v) is 2.02. The molecule has 0 spiro atoms. The number of hydrogen-bond acceptors (Lipinski definition) is 1. The second-order valence-corrected chi connectivity index (χ2v) is 3.72. The summed E-state index contributed by atoms with van der Waals surface area (Å²) in [6, 6.07) is 5.47. The van der Waals surface area contributed by atoms with Gasteiger partial charge in [0.05, 0.1) is 0 Å². The number of nitrogens with one attached hydrogen (secondary N) is 1. The highest BCUT2D eigenvalue weighted by Crippen LogP contribution is 2.09. The van der Waals surface area contributed by atoms with Crippen molar-refractivity contribution in [2.75, 3.05) is 0 Å². The first-order valence-corrected chi connectivity index (χ1v) is 6.08. The first-order valence-electron chi connectivity index (χ1n) is 6.08. The average Bonchev–Trinajstić information content (AvgIpc) is 2.31. The van der Waals surface area contributed by atoms with Crippen molar-refractivity contribution in [3.63, 3.8) is 0 Å². The molecule has 1 N–H and O–H groups in total. The van der Waals surface area contributed by atoms with Crippen LogP contribution in [0, 0.1) is 17.7 Å². The molecule has 0 saturated heterocycles. The molecule has 0 fully saturated rings. The molecule has 0 aliphatic rings. The van der Waals surface area contributed by atoms with Gasteiger partial charge in [-0.15, -0.1) is 5.92 Å². The summed E-state index contributed by atoms with van der Waals surface area (Å²) in [7, 11) is 0. The van der Waals surface area contributed by atoms with Gasteiger partial charge in [0.25, 0.3) is 0 Å². The molecule has 0 radical (unpaired) electrons. The Hall–Kier alpha value is -1.33. The summed E-state index contributed by atoms with van der Waals surface area (Å²) in [5.74, 6) is 5.39. The molecule has 0 amide bonds. The Balaban J connectivity index is 0.00000121. The third kappa shape index (κ3) is 6.09. The van der Waals surface area contributed by atoms with Crippen molar-refractivity contribution < 1.29 is 4.39 Å². The topological polar surface area (TPSA) is 12.0 Å². The van der Waals surface area contributed by atoms with Gasteiger partial charge in [0.2, 0.25) is 0 Å². The molecule has 94 valence electrons. The lowest BCUT2D eigenvalue weighted by atomic mass is 10.1. The zero-order valence-corrected chi connectivity index (χ0v) is 11.4. The Labute approximate surface area is 104 Å². The minimum atomic E-state index is -0.191. The minimum Gasteiger partial charge on any atom is -0.310 e. The summed E-state index contributed by atoms with van der Waals surface area (Å²) in [6.45, 7) is 10.4. The molecule has 1 aromatic carbocycles. The second-order valence-electron chi connectivity index (χ2n) is 3.72. The molecule has 0 aromatic heterocycles. The van der Waals surface area contributed by atoms with Gasteiger partial charge >= 0.3 is 0 Å². The molecule has 2 heteroatoms. The van der Waals surface area contributed by atoms with Crippen LogP contribution in [-0.2, 0) is 6.54 Å². The molecule has 0 aliphatic carbocycles. The molecule has 1 rings (SSSR count). The quantitative estimate of drug-likeness (QED) is 0.787. The molecule has 0 unspecified atom stereocenters. The van der Waals surface area contributed by atoms with E-state index in [-0.39, 0.29) is 5.82 Å². The highest BCUT2D eigenvalue weighted by molar-refractivity contribution is 5.36. The number of benzene rings is 1. The average molecular weight is 235 g/mol. The smallest absolute Gasteiger partial charge is 0.128 e. The fourth-order valence-electron chi connectivity index (χ4n) is 1.23. The van der Waals surface area contributed by atoms with Crippen molar-refractivity contribution in [3.05, 3.63) is 35.1 Å². The predicted octanol–water partition coefficient (Wildman–Crippen LogP) is 3.72. The Kier molecular flexibility index (Phi) is 8.09. The van der Waals surface area contributed by atoms with Crippen LogP contribution in [-0.4, -0.2) is 6.04 Å². The summed E-state index contributed by atoms with van der Waals surface area (Å²) >= 11 is 0. The van der Waals surface area contributed by atoms with E-state index in [0.717, 1.165) is 5.56 Å². The van der Waals surface area contributed by atoms with E-state index in [9.17, 15) is 4.39 Å². The lowest BCUT2D eigenvalue weighted by Crippen LogP contribution is -2.22. The van der Waals surface area contributed by atoms with Crippen molar-refractivity contribution >= 4 is 0 Å². The predicted molar refractivity (Wildman–Crippen MR) is 72.3 cm³/mol. The second kappa shape index (κ2) is 8.78. The maximum atomic E-state index is 13.5. The Morgan fingerprint density at radius 2 is 1.94 bits per heavy atom. The van der Waals surface area contributed by atoms with Crippen LogP contribution >= 0.6 is 0 Å². The van der Waals surface area contributed by atoms with E-state index < -0.39 is 0 Å². The van der Waals surface area contributed by atoms with Crippen LogP contribution in [0.1, 0.15) is 45.7 Å². The van der Waals surface area contributed by atoms with Crippen LogP contribution in [0.2, 0.25) is 0 Å².